The van der Waals surface area contributed by atoms with Gasteiger partial charge in [-0.25, -0.2) is 13.2 Å². The third-order valence-electron chi connectivity index (χ3n) is 1.07. The Bertz CT molecular complexity index is 313. The molecule has 0 aromatic heterocycles. The summed E-state index contributed by atoms with van der Waals surface area (Å²) in [4.78, 5) is 0. The first-order valence-corrected chi connectivity index (χ1v) is 6.26. The summed E-state index contributed by atoms with van der Waals surface area (Å²) in [7, 11) is 0. The van der Waals surface area contributed by atoms with E-state index in [-0.39, 0.29) is 0 Å². The Morgan fingerprint density at radius 2 is 1.16 bits per heavy atom. The molecule has 19 heavy (non-hydrogen) atoms. The van der Waals surface area contributed by atoms with Crippen molar-refractivity contribution in [3.63, 3.8) is 0 Å². The van der Waals surface area contributed by atoms with E-state index >= 15 is 0 Å². The van der Waals surface area contributed by atoms with E-state index < -0.39 is 31.0 Å². The van der Waals surface area contributed by atoms with Crippen LogP contribution in [0.2, 0.25) is 0 Å². The predicted molar refractivity (Wildman–Crippen MR) is 66.6 cm³/mol. The van der Waals surface area contributed by atoms with Crippen molar-refractivity contribution in [2.24, 2.45) is 0 Å². The minimum atomic E-state index is -4.64. The fraction of sp³-hybridized carbons (Fsp3) is 0.667. The zero-order chi connectivity index (χ0) is 16.2. The van der Waals surface area contributed by atoms with Crippen LogP contribution in [0.3, 0.4) is 0 Å². The standard InChI is InChI=1S/C3HCl4F3.C3Cl3F3/c4-1(8)2(5,9)3(6,7)10;4-1(2(5)6)3(7,8)9/h1H;. The summed E-state index contributed by atoms with van der Waals surface area (Å²) >= 11 is 32.0. The zero-order valence-electron chi connectivity index (χ0n) is 7.99. The van der Waals surface area contributed by atoms with E-state index in [1.54, 1.807) is 0 Å². The van der Waals surface area contributed by atoms with Crippen LogP contribution in [0.5, 0.6) is 0 Å². The second-order valence-electron chi connectivity index (χ2n) is 2.49. The Kier molecular flexibility index (Phi) is 9.65. The third kappa shape index (κ3) is 8.39. The van der Waals surface area contributed by atoms with Crippen LogP contribution in [0, 0.1) is 0 Å². The molecule has 2 unspecified atom stereocenters. The first kappa shape index (κ1) is 22.6. The molecule has 0 spiro atoms. The SMILES string of the molecule is FC(Cl)C(F)(Cl)C(F)(Cl)Cl.FC(F)(F)C(Cl)=C(Cl)Cl. The molecule has 0 aliphatic carbocycles. The molecule has 0 amide bonds. The summed E-state index contributed by atoms with van der Waals surface area (Å²) in [5, 5.41) is -5.12. The molecule has 0 bridgehead atoms. The fourth-order valence-corrected chi connectivity index (χ4v) is 0.899. The maximum absolute atomic E-state index is 12.3. The number of allylic oxidation sites excluding steroid dienone is 1. The van der Waals surface area contributed by atoms with Crippen LogP contribution in [0.15, 0.2) is 9.52 Å². The van der Waals surface area contributed by atoms with E-state index in [2.05, 4.69) is 58.0 Å². The van der Waals surface area contributed by atoms with Crippen molar-refractivity contribution in [2.45, 2.75) is 21.5 Å². The number of hydrogen-bond acceptors (Lipinski definition) is 0. The molecule has 0 saturated carbocycles. The van der Waals surface area contributed by atoms with E-state index in [9.17, 15) is 26.3 Å². The summed E-state index contributed by atoms with van der Waals surface area (Å²) in [6.07, 6.45) is -4.64. The van der Waals surface area contributed by atoms with Crippen molar-refractivity contribution in [3.05, 3.63) is 9.52 Å². The van der Waals surface area contributed by atoms with E-state index in [0.29, 0.717) is 0 Å². The van der Waals surface area contributed by atoms with Gasteiger partial charge in [-0.3, -0.25) is 0 Å². The normalized spacial score (nSPS) is 16.9. The summed E-state index contributed by atoms with van der Waals surface area (Å²) in [5.41, 5.74) is -2.81. The molecule has 0 aromatic carbocycles. The molecule has 2 atom stereocenters. The summed E-state index contributed by atoms with van der Waals surface area (Å²) in [6.45, 7) is 0. The van der Waals surface area contributed by atoms with Gasteiger partial charge >= 0.3 is 10.8 Å². The first-order valence-electron chi connectivity index (χ1n) is 3.55. The summed E-state index contributed by atoms with van der Waals surface area (Å²) in [6, 6.07) is 0. The van der Waals surface area contributed by atoms with Gasteiger partial charge in [-0.2, -0.15) is 13.2 Å². The lowest BCUT2D eigenvalue weighted by atomic mass is 10.4. The number of hydrogen-bond donors (Lipinski definition) is 0. The average molecular weight is 435 g/mol. The van der Waals surface area contributed by atoms with Crippen LogP contribution in [-0.2, 0) is 0 Å². The molecule has 0 fully saturated rings. The zero-order valence-corrected chi connectivity index (χ0v) is 13.3. The molecule has 0 aliphatic heterocycles. The van der Waals surface area contributed by atoms with Crippen molar-refractivity contribution in [1.82, 2.24) is 0 Å². The highest BCUT2D eigenvalue weighted by atomic mass is 35.5. The Hall–Kier alpha value is 1.35. The molecule has 13 heteroatoms. The predicted octanol–water partition coefficient (Wildman–Crippen LogP) is 6.96. The number of halogens is 13. The van der Waals surface area contributed by atoms with Crippen molar-refractivity contribution in [2.75, 3.05) is 0 Å². The minimum Gasteiger partial charge on any atom is -0.225 e. The topological polar surface area (TPSA) is 0 Å². The monoisotopic (exact) mass is 432 g/mol. The van der Waals surface area contributed by atoms with Gasteiger partial charge in [-0.1, -0.05) is 81.2 Å². The van der Waals surface area contributed by atoms with Crippen LogP contribution in [-0.4, -0.2) is 21.5 Å². The highest BCUT2D eigenvalue weighted by Crippen LogP contribution is 2.46. The van der Waals surface area contributed by atoms with Crippen LogP contribution >= 0.6 is 81.2 Å². The Morgan fingerprint density at radius 3 is 1.16 bits per heavy atom. The van der Waals surface area contributed by atoms with Crippen molar-refractivity contribution < 1.29 is 26.3 Å². The van der Waals surface area contributed by atoms with Gasteiger partial charge in [0, 0.05) is 0 Å². The van der Waals surface area contributed by atoms with Crippen LogP contribution in [0.25, 0.3) is 0 Å². The molecule has 116 valence electrons. The smallest absolute Gasteiger partial charge is 0.225 e. The maximum Gasteiger partial charge on any atom is 0.429 e. The van der Waals surface area contributed by atoms with Gasteiger partial charge in [0.25, 0.3) is 5.13 Å². The Labute approximate surface area is 138 Å². The molecule has 0 heterocycles. The number of rotatable bonds is 2. The lowest BCUT2D eigenvalue weighted by molar-refractivity contribution is -0.0845. The van der Waals surface area contributed by atoms with Gasteiger partial charge in [0.1, 0.15) is 4.49 Å². The quantitative estimate of drug-likeness (QED) is 0.325. The van der Waals surface area contributed by atoms with Crippen LogP contribution < -0.4 is 0 Å². The second-order valence-corrected chi connectivity index (χ2v) is 5.99. The molecule has 0 saturated heterocycles. The maximum atomic E-state index is 12.3. The second kappa shape index (κ2) is 8.11. The molecule has 0 aliphatic rings. The molecule has 0 radical (unpaired) electrons. The van der Waals surface area contributed by atoms with Gasteiger partial charge in [0.15, 0.2) is 5.03 Å². The van der Waals surface area contributed by atoms with Crippen LogP contribution in [0.4, 0.5) is 26.3 Å². The third-order valence-corrected chi connectivity index (χ3v) is 3.65. The molecular formula is C6HCl7F6. The fourth-order valence-electron chi connectivity index (χ4n) is 0.231. The van der Waals surface area contributed by atoms with Gasteiger partial charge in [-0.05, 0) is 0 Å². The largest absolute Gasteiger partial charge is 0.429 e. The van der Waals surface area contributed by atoms with E-state index in [0.717, 1.165) is 0 Å². The summed E-state index contributed by atoms with van der Waals surface area (Å²) < 4.78 is 65.8. The molecule has 0 nitrogen and oxygen atoms in total. The first-order chi connectivity index (χ1) is 8.05. The summed E-state index contributed by atoms with van der Waals surface area (Å²) in [5.74, 6) is 0. The number of alkyl halides is 10. The molecular weight excluding hydrogens is 434 g/mol. The van der Waals surface area contributed by atoms with Crippen LogP contribution in [0.1, 0.15) is 0 Å². The highest BCUT2D eigenvalue weighted by molar-refractivity contribution is 6.59. The van der Waals surface area contributed by atoms with Gasteiger partial charge in [-0.15, -0.1) is 0 Å². The average Bonchev–Trinajstić information content (AvgIpc) is 2.13. The lowest BCUT2D eigenvalue weighted by Crippen LogP contribution is -2.39. The molecule has 0 N–H and O–H groups in total. The van der Waals surface area contributed by atoms with Gasteiger partial charge < -0.3 is 0 Å². The lowest BCUT2D eigenvalue weighted by Gasteiger charge is -2.23. The molecule has 0 rings (SSSR count). The van der Waals surface area contributed by atoms with Gasteiger partial charge in [0.2, 0.25) is 5.63 Å². The molecule has 0 aromatic rings. The van der Waals surface area contributed by atoms with Gasteiger partial charge in [0.05, 0.1) is 0 Å². The Balaban J connectivity index is 0. The van der Waals surface area contributed by atoms with E-state index in [1.165, 1.54) is 0 Å². The van der Waals surface area contributed by atoms with E-state index in [4.69, 9.17) is 23.2 Å². The minimum absolute atomic E-state index is 0.968. The van der Waals surface area contributed by atoms with Crippen molar-refractivity contribution in [1.29, 1.82) is 0 Å². The van der Waals surface area contributed by atoms with E-state index in [1.807, 2.05) is 0 Å². The van der Waals surface area contributed by atoms with Crippen molar-refractivity contribution in [3.8, 4) is 0 Å². The van der Waals surface area contributed by atoms with Crippen molar-refractivity contribution >= 4 is 81.2 Å². The Morgan fingerprint density at radius 1 is 0.842 bits per heavy atom. The highest BCUT2D eigenvalue weighted by Gasteiger charge is 2.56.